The number of carbonyl (C=O) groups excluding carboxylic acids is 1. The van der Waals surface area contributed by atoms with Gasteiger partial charge in [-0.05, 0) is 62.8 Å². The molecule has 0 aliphatic carbocycles. The van der Waals surface area contributed by atoms with Crippen molar-refractivity contribution in [2.75, 3.05) is 7.11 Å². The molecule has 0 saturated carbocycles. The van der Waals surface area contributed by atoms with E-state index in [4.69, 9.17) is 9.47 Å². The summed E-state index contributed by atoms with van der Waals surface area (Å²) >= 11 is 3.59. The van der Waals surface area contributed by atoms with Crippen LogP contribution in [0.1, 0.15) is 43.7 Å². The molecule has 154 valence electrons. The van der Waals surface area contributed by atoms with Gasteiger partial charge < -0.3 is 14.6 Å². The normalized spacial score (nSPS) is 19.6. The lowest BCUT2D eigenvalue weighted by Crippen LogP contribution is -2.31. The Bertz CT molecular complexity index is 921. The maximum atomic E-state index is 13.5. The van der Waals surface area contributed by atoms with E-state index in [2.05, 4.69) is 29.8 Å². The Balaban J connectivity index is 2.16. The van der Waals surface area contributed by atoms with Crippen LogP contribution in [0.15, 0.2) is 40.9 Å². The van der Waals surface area contributed by atoms with Gasteiger partial charge in [0, 0.05) is 12.0 Å². The van der Waals surface area contributed by atoms with Crippen LogP contribution in [0.25, 0.3) is 17.2 Å². The SMILES string of the molecule is COc1c(Br)cc(C(C)C)c(C=C[C@H]2C[C@H](O)CC(=O)O2)c1-c1ccc(F)cc1. The minimum absolute atomic E-state index is 0.0223. The fourth-order valence-electron chi connectivity index (χ4n) is 3.56. The summed E-state index contributed by atoms with van der Waals surface area (Å²) < 4.78 is 25.3. The van der Waals surface area contributed by atoms with Gasteiger partial charge in [-0.15, -0.1) is 0 Å². The molecule has 2 aromatic rings. The number of methoxy groups -OCH3 is 1. The number of aliphatic hydroxyl groups excluding tert-OH is 1. The van der Waals surface area contributed by atoms with Crippen LogP contribution in [-0.4, -0.2) is 30.4 Å². The zero-order valence-corrected chi connectivity index (χ0v) is 18.2. The van der Waals surface area contributed by atoms with E-state index in [1.165, 1.54) is 12.1 Å². The highest BCUT2D eigenvalue weighted by Crippen LogP contribution is 2.43. The van der Waals surface area contributed by atoms with E-state index in [1.807, 2.05) is 12.1 Å². The number of hydrogen-bond acceptors (Lipinski definition) is 4. The molecule has 1 fully saturated rings. The molecule has 6 heteroatoms. The standard InChI is InChI=1S/C23H24BrFO4/c1-13(2)19-12-20(24)23(28-3)22(14-4-6-15(25)7-5-14)18(19)9-8-17-10-16(26)11-21(27)29-17/h4-9,12-13,16-17,26H,10-11H2,1-3H3/t16-,17-/m0/s1. The summed E-state index contributed by atoms with van der Waals surface area (Å²) in [5.74, 6) is 0.124. The molecule has 1 N–H and O–H groups in total. The molecule has 4 nitrogen and oxygen atoms in total. The van der Waals surface area contributed by atoms with Gasteiger partial charge >= 0.3 is 5.97 Å². The maximum Gasteiger partial charge on any atom is 0.309 e. The zero-order valence-electron chi connectivity index (χ0n) is 16.6. The first-order valence-corrected chi connectivity index (χ1v) is 10.3. The largest absolute Gasteiger partial charge is 0.495 e. The predicted octanol–water partition coefficient (Wildman–Crippen LogP) is 5.47. The van der Waals surface area contributed by atoms with E-state index in [1.54, 1.807) is 25.3 Å². The van der Waals surface area contributed by atoms with Gasteiger partial charge in [0.15, 0.2) is 0 Å². The van der Waals surface area contributed by atoms with Crippen LogP contribution in [0.3, 0.4) is 0 Å². The number of ether oxygens (including phenoxy) is 2. The number of carbonyl (C=O) groups is 1. The van der Waals surface area contributed by atoms with Gasteiger partial charge in [0.2, 0.25) is 0 Å². The molecule has 0 bridgehead atoms. The second-order valence-electron chi connectivity index (χ2n) is 7.41. The topological polar surface area (TPSA) is 55.8 Å². The molecule has 2 aromatic carbocycles. The number of hydrogen-bond donors (Lipinski definition) is 1. The van der Waals surface area contributed by atoms with Gasteiger partial charge in [0.25, 0.3) is 0 Å². The van der Waals surface area contributed by atoms with Gasteiger partial charge in [-0.25, -0.2) is 4.39 Å². The lowest BCUT2D eigenvalue weighted by molar-refractivity contribution is -0.156. The van der Waals surface area contributed by atoms with Crippen LogP contribution in [0.4, 0.5) is 4.39 Å². The fraction of sp³-hybridized carbons (Fsp3) is 0.348. The van der Waals surface area contributed by atoms with Crippen LogP contribution >= 0.6 is 15.9 Å². The third kappa shape index (κ3) is 4.87. The first-order valence-electron chi connectivity index (χ1n) is 9.52. The van der Waals surface area contributed by atoms with Crippen LogP contribution in [-0.2, 0) is 9.53 Å². The van der Waals surface area contributed by atoms with Gasteiger partial charge in [-0.1, -0.05) is 32.1 Å². The summed E-state index contributed by atoms with van der Waals surface area (Å²) in [5.41, 5.74) is 3.61. The Morgan fingerprint density at radius 1 is 1.31 bits per heavy atom. The highest BCUT2D eigenvalue weighted by Gasteiger charge is 2.26. The van der Waals surface area contributed by atoms with E-state index in [9.17, 15) is 14.3 Å². The van der Waals surface area contributed by atoms with Crippen LogP contribution in [0, 0.1) is 5.82 Å². The highest BCUT2D eigenvalue weighted by molar-refractivity contribution is 9.10. The number of benzene rings is 2. The van der Waals surface area contributed by atoms with Crippen LogP contribution < -0.4 is 4.74 Å². The molecule has 1 aliphatic heterocycles. The van der Waals surface area contributed by atoms with E-state index >= 15 is 0 Å². The average molecular weight is 463 g/mol. The molecule has 0 amide bonds. The Kier molecular flexibility index (Phi) is 6.75. The summed E-state index contributed by atoms with van der Waals surface area (Å²) in [7, 11) is 1.59. The van der Waals surface area contributed by atoms with Crippen molar-refractivity contribution in [2.24, 2.45) is 0 Å². The smallest absolute Gasteiger partial charge is 0.309 e. The van der Waals surface area contributed by atoms with E-state index in [0.29, 0.717) is 12.2 Å². The van der Waals surface area contributed by atoms with Crippen LogP contribution in [0.2, 0.25) is 0 Å². The molecular formula is C23H24BrFO4. The van der Waals surface area contributed by atoms with Crippen LogP contribution in [0.5, 0.6) is 5.75 Å². The average Bonchev–Trinajstić information content (AvgIpc) is 2.66. The number of esters is 1. The molecule has 29 heavy (non-hydrogen) atoms. The van der Waals surface area contributed by atoms with Crippen molar-refractivity contribution < 1.29 is 23.8 Å². The first-order chi connectivity index (χ1) is 13.8. The Hall–Kier alpha value is -2.18. The minimum atomic E-state index is -0.702. The Morgan fingerprint density at radius 3 is 2.59 bits per heavy atom. The van der Waals surface area contributed by atoms with Gasteiger partial charge in [-0.2, -0.15) is 0 Å². The zero-order chi connectivity index (χ0) is 21.1. The van der Waals surface area contributed by atoms with Crippen molar-refractivity contribution in [3.05, 3.63) is 57.8 Å². The molecule has 0 radical (unpaired) electrons. The van der Waals surface area contributed by atoms with E-state index in [0.717, 1.165) is 26.7 Å². The van der Waals surface area contributed by atoms with Crippen molar-refractivity contribution in [1.29, 1.82) is 0 Å². The van der Waals surface area contributed by atoms with Gasteiger partial charge in [-0.3, -0.25) is 4.79 Å². The number of aliphatic hydroxyl groups is 1. The second-order valence-corrected chi connectivity index (χ2v) is 8.27. The lowest BCUT2D eigenvalue weighted by atomic mass is 9.88. The van der Waals surface area contributed by atoms with E-state index in [-0.39, 0.29) is 18.2 Å². The third-order valence-corrected chi connectivity index (χ3v) is 5.52. The molecule has 1 heterocycles. The molecule has 0 spiro atoms. The molecule has 3 rings (SSSR count). The molecule has 0 aromatic heterocycles. The minimum Gasteiger partial charge on any atom is -0.495 e. The number of halogens is 2. The van der Waals surface area contributed by atoms with Crippen molar-refractivity contribution in [3.8, 4) is 16.9 Å². The van der Waals surface area contributed by atoms with E-state index < -0.39 is 18.2 Å². The van der Waals surface area contributed by atoms with Crippen molar-refractivity contribution in [1.82, 2.24) is 0 Å². The van der Waals surface area contributed by atoms with Gasteiger partial charge in [0.05, 0.1) is 24.1 Å². The Morgan fingerprint density at radius 2 is 2.00 bits per heavy atom. The highest BCUT2D eigenvalue weighted by atomic mass is 79.9. The number of cyclic esters (lactones) is 1. The monoisotopic (exact) mass is 462 g/mol. The van der Waals surface area contributed by atoms with Gasteiger partial charge in [0.1, 0.15) is 17.7 Å². The van der Waals surface area contributed by atoms with Crippen molar-refractivity contribution in [2.45, 2.75) is 44.8 Å². The van der Waals surface area contributed by atoms with Crippen molar-refractivity contribution >= 4 is 28.0 Å². The molecular weight excluding hydrogens is 439 g/mol. The molecule has 1 saturated heterocycles. The summed E-state index contributed by atoms with van der Waals surface area (Å²) in [6.07, 6.45) is 2.88. The lowest BCUT2D eigenvalue weighted by Gasteiger charge is -2.24. The first kappa shape index (κ1) is 21.5. The third-order valence-electron chi connectivity index (χ3n) is 4.93. The maximum absolute atomic E-state index is 13.5. The second kappa shape index (κ2) is 9.09. The summed E-state index contributed by atoms with van der Waals surface area (Å²) in [6.45, 7) is 4.18. The van der Waals surface area contributed by atoms with Crippen molar-refractivity contribution in [3.63, 3.8) is 0 Å². The molecule has 0 unspecified atom stereocenters. The summed E-state index contributed by atoms with van der Waals surface area (Å²) in [4.78, 5) is 11.7. The Labute approximate surface area is 178 Å². The molecule has 2 atom stereocenters. The summed E-state index contributed by atoms with van der Waals surface area (Å²) in [5, 5.41) is 9.87. The molecule has 1 aliphatic rings. The predicted molar refractivity (Wildman–Crippen MR) is 114 cm³/mol. The quantitative estimate of drug-likeness (QED) is 0.598. The summed E-state index contributed by atoms with van der Waals surface area (Å²) in [6, 6.07) is 8.27. The number of rotatable bonds is 5. The fourth-order valence-corrected chi connectivity index (χ4v) is 4.16.